The lowest BCUT2D eigenvalue weighted by atomic mass is 10.3. The summed E-state index contributed by atoms with van der Waals surface area (Å²) in [5, 5.41) is 3.07. The molecule has 0 aliphatic heterocycles. The molecule has 0 saturated heterocycles. The van der Waals surface area contributed by atoms with E-state index in [2.05, 4.69) is 17.0 Å². The lowest BCUT2D eigenvalue weighted by molar-refractivity contribution is 0.560. The van der Waals surface area contributed by atoms with Crippen LogP contribution in [0.3, 0.4) is 0 Å². The SMILES string of the molecule is CNCc1cc(S(=O)(=O)NC2CC2C)cn1C(C)C. The van der Waals surface area contributed by atoms with Gasteiger partial charge in [-0.3, -0.25) is 0 Å². The van der Waals surface area contributed by atoms with Crippen molar-refractivity contribution in [1.29, 1.82) is 0 Å². The maximum atomic E-state index is 12.3. The van der Waals surface area contributed by atoms with E-state index in [0.717, 1.165) is 12.1 Å². The lowest BCUT2D eigenvalue weighted by Crippen LogP contribution is -2.26. The molecule has 2 unspecified atom stereocenters. The van der Waals surface area contributed by atoms with Crippen molar-refractivity contribution in [3.8, 4) is 0 Å². The molecule has 108 valence electrons. The van der Waals surface area contributed by atoms with Crippen LogP contribution in [0.2, 0.25) is 0 Å². The zero-order valence-corrected chi connectivity index (χ0v) is 12.8. The highest BCUT2D eigenvalue weighted by molar-refractivity contribution is 7.89. The van der Waals surface area contributed by atoms with E-state index in [1.54, 1.807) is 12.3 Å². The van der Waals surface area contributed by atoms with Crippen molar-refractivity contribution in [2.45, 2.75) is 50.7 Å². The van der Waals surface area contributed by atoms with E-state index in [1.807, 2.05) is 25.5 Å². The normalized spacial score (nSPS) is 23.0. The zero-order valence-electron chi connectivity index (χ0n) is 12.0. The molecule has 1 aliphatic carbocycles. The van der Waals surface area contributed by atoms with Gasteiger partial charge in [-0.05, 0) is 39.3 Å². The van der Waals surface area contributed by atoms with Crippen LogP contribution < -0.4 is 10.0 Å². The number of hydrogen-bond acceptors (Lipinski definition) is 3. The molecule has 2 atom stereocenters. The molecule has 1 aliphatic rings. The van der Waals surface area contributed by atoms with Gasteiger partial charge in [0.15, 0.2) is 0 Å². The Kier molecular flexibility index (Phi) is 4.03. The number of nitrogens with zero attached hydrogens (tertiary/aromatic N) is 1. The van der Waals surface area contributed by atoms with Crippen LogP contribution in [-0.4, -0.2) is 26.1 Å². The highest BCUT2D eigenvalue weighted by atomic mass is 32.2. The first kappa shape index (κ1) is 14.6. The molecule has 0 aromatic carbocycles. The van der Waals surface area contributed by atoms with Gasteiger partial charge in [-0.1, -0.05) is 6.92 Å². The molecule has 1 aromatic heterocycles. The molecule has 1 heterocycles. The first-order valence-electron chi connectivity index (χ1n) is 6.73. The number of hydrogen-bond donors (Lipinski definition) is 2. The van der Waals surface area contributed by atoms with Crippen molar-refractivity contribution in [3.05, 3.63) is 18.0 Å². The van der Waals surface area contributed by atoms with Crippen molar-refractivity contribution in [2.75, 3.05) is 7.05 Å². The molecule has 0 spiro atoms. The van der Waals surface area contributed by atoms with E-state index in [1.165, 1.54) is 0 Å². The standard InChI is InChI=1S/C13H23N3O2S/c1-9(2)16-8-12(6-11(16)7-14-4)19(17,18)15-13-5-10(13)3/h6,8-10,13-15H,5,7H2,1-4H3. The fourth-order valence-corrected chi connectivity index (χ4v) is 3.61. The lowest BCUT2D eigenvalue weighted by Gasteiger charge is -2.11. The topological polar surface area (TPSA) is 63.1 Å². The van der Waals surface area contributed by atoms with Gasteiger partial charge >= 0.3 is 0 Å². The van der Waals surface area contributed by atoms with Crippen LogP contribution in [0.4, 0.5) is 0 Å². The van der Waals surface area contributed by atoms with Gasteiger partial charge in [0.05, 0.1) is 4.90 Å². The summed E-state index contributed by atoms with van der Waals surface area (Å²) < 4.78 is 29.3. The fraction of sp³-hybridized carbons (Fsp3) is 0.692. The van der Waals surface area contributed by atoms with Crippen LogP contribution in [0.15, 0.2) is 17.2 Å². The monoisotopic (exact) mass is 285 g/mol. The Labute approximate surface area is 115 Å². The van der Waals surface area contributed by atoms with Gasteiger partial charge in [0, 0.05) is 30.5 Å². The van der Waals surface area contributed by atoms with E-state index in [-0.39, 0.29) is 12.1 Å². The second-order valence-electron chi connectivity index (χ2n) is 5.64. The molecule has 5 nitrogen and oxygen atoms in total. The Balaban J connectivity index is 2.26. The van der Waals surface area contributed by atoms with Crippen molar-refractivity contribution in [1.82, 2.24) is 14.6 Å². The van der Waals surface area contributed by atoms with Gasteiger partial charge in [0.25, 0.3) is 0 Å². The van der Waals surface area contributed by atoms with Gasteiger partial charge < -0.3 is 9.88 Å². The molecule has 19 heavy (non-hydrogen) atoms. The number of sulfonamides is 1. The Morgan fingerprint density at radius 1 is 1.47 bits per heavy atom. The molecule has 6 heteroatoms. The van der Waals surface area contributed by atoms with Crippen molar-refractivity contribution in [3.63, 3.8) is 0 Å². The third-order valence-corrected chi connectivity index (χ3v) is 5.00. The van der Waals surface area contributed by atoms with E-state index in [0.29, 0.717) is 17.4 Å². The smallest absolute Gasteiger partial charge is 0.242 e. The van der Waals surface area contributed by atoms with Crippen LogP contribution in [0, 0.1) is 5.92 Å². The summed E-state index contributed by atoms with van der Waals surface area (Å²) in [6.07, 6.45) is 2.67. The Bertz CT molecular complexity index is 548. The van der Waals surface area contributed by atoms with Crippen LogP contribution in [0.1, 0.15) is 38.9 Å². The van der Waals surface area contributed by atoms with E-state index in [4.69, 9.17) is 0 Å². The minimum atomic E-state index is -3.38. The maximum Gasteiger partial charge on any atom is 0.242 e. The van der Waals surface area contributed by atoms with E-state index in [9.17, 15) is 8.42 Å². The second kappa shape index (κ2) is 5.26. The molecule has 1 fully saturated rings. The molecule has 0 amide bonds. The predicted molar refractivity (Wildman–Crippen MR) is 75.5 cm³/mol. The van der Waals surface area contributed by atoms with Gasteiger partial charge in [-0.15, -0.1) is 0 Å². The molecule has 1 saturated carbocycles. The highest BCUT2D eigenvalue weighted by Gasteiger charge is 2.36. The average molecular weight is 285 g/mol. The van der Waals surface area contributed by atoms with Crippen molar-refractivity contribution < 1.29 is 8.42 Å². The number of nitrogens with one attached hydrogen (secondary N) is 2. The van der Waals surface area contributed by atoms with Crippen molar-refractivity contribution >= 4 is 10.0 Å². The van der Waals surface area contributed by atoms with Crippen LogP contribution in [-0.2, 0) is 16.6 Å². The molecular formula is C13H23N3O2S. The van der Waals surface area contributed by atoms with Crippen LogP contribution in [0.25, 0.3) is 0 Å². The van der Waals surface area contributed by atoms with Gasteiger partial charge in [0.1, 0.15) is 0 Å². The molecule has 1 aromatic rings. The van der Waals surface area contributed by atoms with Crippen LogP contribution in [0.5, 0.6) is 0 Å². The number of aromatic nitrogens is 1. The Morgan fingerprint density at radius 3 is 2.58 bits per heavy atom. The van der Waals surface area contributed by atoms with E-state index < -0.39 is 10.0 Å². The summed E-state index contributed by atoms with van der Waals surface area (Å²) in [5.41, 5.74) is 0.988. The molecule has 2 N–H and O–H groups in total. The summed E-state index contributed by atoms with van der Waals surface area (Å²) >= 11 is 0. The Hall–Kier alpha value is -0.850. The summed E-state index contributed by atoms with van der Waals surface area (Å²) in [5.74, 6) is 0.457. The largest absolute Gasteiger partial charge is 0.346 e. The molecule has 0 bridgehead atoms. The summed E-state index contributed by atoms with van der Waals surface area (Å²) in [7, 11) is -1.52. The minimum Gasteiger partial charge on any atom is -0.346 e. The first-order chi connectivity index (χ1) is 8.85. The molecular weight excluding hydrogens is 262 g/mol. The third kappa shape index (κ3) is 3.19. The molecule has 0 radical (unpaired) electrons. The molecule has 2 rings (SSSR count). The first-order valence-corrected chi connectivity index (χ1v) is 8.21. The summed E-state index contributed by atoms with van der Waals surface area (Å²) in [6.45, 7) is 6.81. The van der Waals surface area contributed by atoms with E-state index >= 15 is 0 Å². The van der Waals surface area contributed by atoms with Gasteiger partial charge in [-0.25, -0.2) is 13.1 Å². The van der Waals surface area contributed by atoms with Crippen LogP contribution >= 0.6 is 0 Å². The fourth-order valence-electron chi connectivity index (χ4n) is 2.20. The second-order valence-corrected chi connectivity index (χ2v) is 7.35. The van der Waals surface area contributed by atoms with Crippen molar-refractivity contribution in [2.24, 2.45) is 5.92 Å². The highest BCUT2D eigenvalue weighted by Crippen LogP contribution is 2.31. The zero-order chi connectivity index (χ0) is 14.2. The quantitative estimate of drug-likeness (QED) is 0.832. The van der Waals surface area contributed by atoms with Gasteiger partial charge in [0.2, 0.25) is 10.0 Å². The maximum absolute atomic E-state index is 12.3. The minimum absolute atomic E-state index is 0.111. The average Bonchev–Trinajstić information content (AvgIpc) is 2.82. The summed E-state index contributed by atoms with van der Waals surface area (Å²) in [4.78, 5) is 0.366. The number of rotatable bonds is 6. The summed E-state index contributed by atoms with van der Waals surface area (Å²) in [6, 6.07) is 2.11. The third-order valence-electron chi connectivity index (χ3n) is 3.55. The Morgan fingerprint density at radius 2 is 2.11 bits per heavy atom. The van der Waals surface area contributed by atoms with Gasteiger partial charge in [-0.2, -0.15) is 0 Å². The predicted octanol–water partition coefficient (Wildman–Crippen LogP) is 1.48.